The molecule has 1 aliphatic heterocycles. The van der Waals surface area contributed by atoms with E-state index in [1.165, 1.54) is 4.70 Å². The Morgan fingerprint density at radius 2 is 1.61 bits per heavy atom. The zero-order valence-electron chi connectivity index (χ0n) is 25.5. The number of hydrogen-bond acceptors (Lipinski definition) is 8. The normalized spacial score (nSPS) is 14.3. The lowest BCUT2D eigenvalue weighted by Gasteiger charge is -2.15. The summed E-state index contributed by atoms with van der Waals surface area (Å²) in [5.41, 5.74) is 7.29. The number of oxime groups is 1. The van der Waals surface area contributed by atoms with Gasteiger partial charge >= 0.3 is 0 Å². The van der Waals surface area contributed by atoms with Crippen molar-refractivity contribution in [3.63, 3.8) is 0 Å². The van der Waals surface area contributed by atoms with Crippen molar-refractivity contribution >= 4 is 27.3 Å². The van der Waals surface area contributed by atoms with Gasteiger partial charge in [-0.3, -0.25) is 0 Å². The first-order valence-electron chi connectivity index (χ1n) is 14.8. The highest BCUT2D eigenvalue weighted by atomic mass is 32.1. The predicted octanol–water partition coefficient (Wildman–Crippen LogP) is 8.70. The maximum absolute atomic E-state index is 6.16. The fraction of sp³-hybridized carbons (Fsp3) is 0.278. The van der Waals surface area contributed by atoms with Crippen LogP contribution < -0.4 is 18.9 Å². The lowest BCUT2D eigenvalue weighted by molar-refractivity contribution is 0.0854. The Hall–Kier alpha value is -4.56. The molecule has 0 N–H and O–H groups in total. The molecule has 1 aliphatic rings. The van der Waals surface area contributed by atoms with Crippen molar-refractivity contribution in [2.75, 3.05) is 27.4 Å². The number of methoxy groups -OCH3 is 2. The molecular formula is C36H36N2O5S. The second-order valence-electron chi connectivity index (χ2n) is 10.8. The zero-order chi connectivity index (χ0) is 30.5. The Kier molecular flexibility index (Phi) is 8.98. The summed E-state index contributed by atoms with van der Waals surface area (Å²) in [7, 11) is 3.34. The molecule has 0 amide bonds. The van der Waals surface area contributed by atoms with Crippen molar-refractivity contribution in [3.05, 3.63) is 101 Å². The highest BCUT2D eigenvalue weighted by molar-refractivity contribution is 7.21. The Labute approximate surface area is 262 Å². The van der Waals surface area contributed by atoms with Crippen molar-refractivity contribution < 1.29 is 23.8 Å². The molecule has 0 bridgehead atoms. The summed E-state index contributed by atoms with van der Waals surface area (Å²) >= 11 is 1.69. The van der Waals surface area contributed by atoms with Gasteiger partial charge in [-0.1, -0.05) is 35.5 Å². The van der Waals surface area contributed by atoms with Crippen LogP contribution in [0.2, 0.25) is 0 Å². The second kappa shape index (κ2) is 13.4. The zero-order valence-corrected chi connectivity index (χ0v) is 26.3. The number of aromatic nitrogens is 1. The van der Waals surface area contributed by atoms with Gasteiger partial charge in [0.25, 0.3) is 0 Å². The third-order valence-corrected chi connectivity index (χ3v) is 8.93. The molecule has 226 valence electrons. The van der Waals surface area contributed by atoms with E-state index in [-0.39, 0.29) is 6.10 Å². The highest BCUT2D eigenvalue weighted by Crippen LogP contribution is 2.37. The van der Waals surface area contributed by atoms with Gasteiger partial charge in [0, 0.05) is 17.5 Å². The van der Waals surface area contributed by atoms with Crippen LogP contribution in [0.5, 0.6) is 23.0 Å². The number of unbranched alkanes of at least 4 members (excludes halogenated alkanes) is 1. The van der Waals surface area contributed by atoms with Gasteiger partial charge in [0.05, 0.1) is 43.4 Å². The molecule has 0 saturated heterocycles. The van der Waals surface area contributed by atoms with E-state index in [1.807, 2.05) is 54.6 Å². The van der Waals surface area contributed by atoms with Crippen LogP contribution in [0, 0.1) is 13.8 Å². The van der Waals surface area contributed by atoms with Crippen LogP contribution >= 0.6 is 11.3 Å². The molecule has 1 atom stereocenters. The molecule has 44 heavy (non-hydrogen) atoms. The number of benzene rings is 4. The molecular weight excluding hydrogens is 572 g/mol. The van der Waals surface area contributed by atoms with Gasteiger partial charge in [-0.15, -0.1) is 11.3 Å². The third kappa shape index (κ3) is 6.50. The number of thiazole rings is 1. The minimum absolute atomic E-state index is 0.196. The molecule has 0 aliphatic carbocycles. The Morgan fingerprint density at radius 3 is 2.43 bits per heavy atom. The van der Waals surface area contributed by atoms with Gasteiger partial charge in [0.2, 0.25) is 0 Å². The molecule has 6 rings (SSSR count). The Balaban J connectivity index is 1.01. The fourth-order valence-electron chi connectivity index (χ4n) is 5.23. The van der Waals surface area contributed by atoms with E-state index in [9.17, 15) is 0 Å². The first kappa shape index (κ1) is 29.5. The van der Waals surface area contributed by atoms with E-state index in [2.05, 4.69) is 43.3 Å². The van der Waals surface area contributed by atoms with Crippen molar-refractivity contribution in [2.45, 2.75) is 39.2 Å². The van der Waals surface area contributed by atoms with Gasteiger partial charge in [-0.25, -0.2) is 4.98 Å². The Bertz CT molecular complexity index is 1760. The summed E-state index contributed by atoms with van der Waals surface area (Å²) in [6.45, 7) is 5.29. The van der Waals surface area contributed by atoms with Crippen LogP contribution in [0.1, 0.15) is 47.6 Å². The molecule has 7 nitrogen and oxygen atoms in total. The number of aryl methyl sites for hydroxylation is 1. The molecule has 4 aromatic carbocycles. The first-order valence-corrected chi connectivity index (χ1v) is 15.6. The van der Waals surface area contributed by atoms with Crippen LogP contribution in [-0.4, -0.2) is 38.1 Å². The van der Waals surface area contributed by atoms with Crippen LogP contribution in [0.15, 0.2) is 84.0 Å². The molecule has 0 fully saturated rings. The summed E-state index contributed by atoms with van der Waals surface area (Å²) in [5, 5.41) is 5.41. The lowest BCUT2D eigenvalue weighted by Crippen LogP contribution is -2.06. The van der Waals surface area contributed by atoms with Gasteiger partial charge in [0.1, 0.15) is 16.5 Å². The Morgan fingerprint density at radius 1 is 0.795 bits per heavy atom. The SMILES string of the molecule is COc1ccc(C2CC(c3cc(C)c(C)c(OC)c3)=NO2)cc1OCCCCOc1cccc(-c2nc3ccccc3s2)c1. The number of para-hydroxylation sites is 1. The maximum Gasteiger partial charge on any atom is 0.161 e. The molecule has 2 heterocycles. The van der Waals surface area contributed by atoms with Crippen LogP contribution in [0.25, 0.3) is 20.8 Å². The number of rotatable bonds is 12. The van der Waals surface area contributed by atoms with Crippen LogP contribution in [-0.2, 0) is 4.84 Å². The maximum atomic E-state index is 6.16. The molecule has 0 radical (unpaired) electrons. The number of ether oxygens (including phenoxy) is 4. The average molecular weight is 609 g/mol. The molecule has 0 spiro atoms. The predicted molar refractivity (Wildman–Crippen MR) is 176 cm³/mol. The number of fused-ring (bicyclic) bond motifs is 1. The summed E-state index contributed by atoms with van der Waals surface area (Å²) < 4.78 is 24.5. The highest BCUT2D eigenvalue weighted by Gasteiger charge is 2.26. The van der Waals surface area contributed by atoms with Crippen LogP contribution in [0.3, 0.4) is 0 Å². The van der Waals surface area contributed by atoms with Crippen LogP contribution in [0.4, 0.5) is 0 Å². The summed E-state index contributed by atoms with van der Waals surface area (Å²) in [4.78, 5) is 10.6. The standard InChI is InChI=1S/C36H36N2O5S/c1-23-18-27(21-32(40-4)24(23)2)30-22-33(43-38-30)25-14-15-31(39-3)34(20-25)42-17-8-7-16-41-28-11-9-10-26(19-28)36-37-29-12-5-6-13-35(29)44-36/h5-6,9-15,18-21,33H,7-8,16-17,22H2,1-4H3. The van der Waals surface area contributed by atoms with E-state index in [4.69, 9.17) is 28.8 Å². The van der Waals surface area contributed by atoms with Gasteiger partial charge in [0.15, 0.2) is 17.6 Å². The van der Waals surface area contributed by atoms with E-state index >= 15 is 0 Å². The molecule has 5 aromatic rings. The molecule has 8 heteroatoms. The third-order valence-electron chi connectivity index (χ3n) is 7.84. The summed E-state index contributed by atoms with van der Waals surface area (Å²) in [6, 6.07) is 26.4. The second-order valence-corrected chi connectivity index (χ2v) is 11.8. The van der Waals surface area contributed by atoms with Crippen molar-refractivity contribution in [3.8, 4) is 33.6 Å². The van der Waals surface area contributed by atoms with E-state index in [0.717, 1.165) is 68.4 Å². The minimum atomic E-state index is -0.196. The minimum Gasteiger partial charge on any atom is -0.496 e. The van der Waals surface area contributed by atoms with E-state index < -0.39 is 0 Å². The van der Waals surface area contributed by atoms with Gasteiger partial charge in [-0.05, 0) is 91.9 Å². The molecule has 1 aromatic heterocycles. The van der Waals surface area contributed by atoms with Crippen molar-refractivity contribution in [2.24, 2.45) is 5.16 Å². The lowest BCUT2D eigenvalue weighted by atomic mass is 9.97. The number of nitrogens with zero attached hydrogens (tertiary/aromatic N) is 2. The monoisotopic (exact) mass is 608 g/mol. The first-order chi connectivity index (χ1) is 21.5. The molecule has 1 unspecified atom stereocenters. The largest absolute Gasteiger partial charge is 0.496 e. The van der Waals surface area contributed by atoms with E-state index in [1.54, 1.807) is 25.6 Å². The average Bonchev–Trinajstić information content (AvgIpc) is 3.72. The van der Waals surface area contributed by atoms with Gasteiger partial charge in [-0.2, -0.15) is 0 Å². The smallest absolute Gasteiger partial charge is 0.161 e. The molecule has 0 saturated carbocycles. The summed E-state index contributed by atoms with van der Waals surface area (Å²) in [6.07, 6.45) is 2.16. The van der Waals surface area contributed by atoms with Crippen molar-refractivity contribution in [1.29, 1.82) is 0 Å². The quantitative estimate of drug-likeness (QED) is 0.132. The van der Waals surface area contributed by atoms with Gasteiger partial charge < -0.3 is 23.8 Å². The number of hydrogen-bond donors (Lipinski definition) is 0. The van der Waals surface area contributed by atoms with Crippen molar-refractivity contribution in [1.82, 2.24) is 4.98 Å². The topological polar surface area (TPSA) is 71.4 Å². The summed E-state index contributed by atoms with van der Waals surface area (Å²) in [5.74, 6) is 3.08. The van der Waals surface area contributed by atoms with E-state index in [0.29, 0.717) is 31.1 Å². The fourth-order valence-corrected chi connectivity index (χ4v) is 6.19.